The number of anilines is 2. The number of hydrogen-bond acceptors (Lipinski definition) is 3. The van der Waals surface area contributed by atoms with Gasteiger partial charge in [-0.3, -0.25) is 0 Å². The lowest BCUT2D eigenvalue weighted by atomic mass is 10.2. The largest absolute Gasteiger partial charge is 0.399 e. The van der Waals surface area contributed by atoms with Crippen LogP contribution in [0.4, 0.5) is 15.8 Å². The Bertz CT molecular complexity index is 313. The molecule has 3 nitrogen and oxygen atoms in total. The second-order valence-electron chi connectivity index (χ2n) is 3.13. The first-order valence-corrected chi connectivity index (χ1v) is 4.40. The number of nitrogens with two attached hydrogens (primary N) is 1. The van der Waals surface area contributed by atoms with Crippen LogP contribution in [-0.4, -0.2) is 27.3 Å². The molecule has 0 heterocycles. The predicted molar refractivity (Wildman–Crippen MR) is 70.5 cm³/mol. The lowest BCUT2D eigenvalue weighted by Crippen LogP contribution is -2.23. The third-order valence-electron chi connectivity index (χ3n) is 2.01. The summed E-state index contributed by atoms with van der Waals surface area (Å²) in [7, 11) is 3.43. The molecule has 0 radical (unpaired) electrons. The molecule has 0 unspecified atom stereocenters. The average molecular weight is 271 g/mol. The highest BCUT2D eigenvalue weighted by Crippen LogP contribution is 2.19. The maximum Gasteiger partial charge on any atom is 0.148 e. The van der Waals surface area contributed by atoms with Gasteiger partial charge >= 0.3 is 0 Å². The molecule has 0 fully saturated rings. The van der Waals surface area contributed by atoms with Gasteiger partial charge in [0, 0.05) is 26.4 Å². The molecule has 0 aliphatic carbocycles. The van der Waals surface area contributed by atoms with E-state index in [0.717, 1.165) is 0 Å². The smallest absolute Gasteiger partial charge is 0.148 e. The van der Waals surface area contributed by atoms with E-state index in [1.165, 1.54) is 6.07 Å². The van der Waals surface area contributed by atoms with Crippen molar-refractivity contribution in [3.63, 3.8) is 0 Å². The minimum absolute atomic E-state index is 0. The molecule has 0 saturated carbocycles. The number of likely N-dealkylation sites (N-methyl/N-ethyl adjacent to an activating group) is 1. The van der Waals surface area contributed by atoms with E-state index in [-0.39, 0.29) is 30.6 Å². The highest BCUT2D eigenvalue weighted by molar-refractivity contribution is 5.85. The van der Waals surface area contributed by atoms with E-state index >= 15 is 0 Å². The molecule has 0 bridgehead atoms. The van der Waals surface area contributed by atoms with Crippen molar-refractivity contribution in [2.45, 2.75) is 0 Å². The third kappa shape index (κ3) is 4.88. The van der Waals surface area contributed by atoms with E-state index in [1.54, 1.807) is 24.1 Å². The fourth-order valence-electron chi connectivity index (χ4n) is 1.18. The first-order chi connectivity index (χ1) is 6.65. The lowest BCUT2D eigenvalue weighted by Gasteiger charge is -2.19. The minimum Gasteiger partial charge on any atom is -0.399 e. The highest BCUT2D eigenvalue weighted by atomic mass is 35.5. The van der Waals surface area contributed by atoms with E-state index in [2.05, 4.69) is 0 Å². The van der Waals surface area contributed by atoms with Crippen LogP contribution < -0.4 is 10.6 Å². The Morgan fingerprint density at radius 1 is 1.38 bits per heavy atom. The van der Waals surface area contributed by atoms with Crippen molar-refractivity contribution < 1.29 is 9.13 Å². The lowest BCUT2D eigenvalue weighted by molar-refractivity contribution is 0.206. The van der Waals surface area contributed by atoms with Gasteiger partial charge in [-0.15, -0.1) is 24.8 Å². The summed E-state index contributed by atoms with van der Waals surface area (Å²) < 4.78 is 18.3. The van der Waals surface area contributed by atoms with Crippen molar-refractivity contribution >= 4 is 36.2 Å². The molecule has 0 spiro atoms. The molecule has 1 rings (SSSR count). The van der Waals surface area contributed by atoms with Crippen LogP contribution in [0, 0.1) is 5.82 Å². The molecule has 1 aromatic carbocycles. The summed E-state index contributed by atoms with van der Waals surface area (Å²) in [4.78, 5) is 1.79. The second-order valence-corrected chi connectivity index (χ2v) is 3.13. The summed E-state index contributed by atoms with van der Waals surface area (Å²) in [6, 6.07) is 4.67. The fraction of sp³-hybridized carbons (Fsp3) is 0.400. The van der Waals surface area contributed by atoms with Gasteiger partial charge in [0.05, 0.1) is 12.3 Å². The van der Waals surface area contributed by atoms with Crippen LogP contribution in [0.25, 0.3) is 0 Å². The van der Waals surface area contributed by atoms with Crippen molar-refractivity contribution in [2.75, 3.05) is 37.9 Å². The maximum absolute atomic E-state index is 13.4. The monoisotopic (exact) mass is 270 g/mol. The molecule has 2 N–H and O–H groups in total. The molecule has 94 valence electrons. The maximum atomic E-state index is 13.4. The first kappa shape index (κ1) is 17.7. The summed E-state index contributed by atoms with van der Waals surface area (Å²) in [5.41, 5.74) is 6.42. The van der Waals surface area contributed by atoms with Gasteiger partial charge < -0.3 is 15.4 Å². The number of nitrogens with zero attached hydrogens (tertiary/aromatic N) is 1. The quantitative estimate of drug-likeness (QED) is 0.854. The topological polar surface area (TPSA) is 38.5 Å². The summed E-state index contributed by atoms with van der Waals surface area (Å²) in [5.74, 6) is -0.302. The van der Waals surface area contributed by atoms with Gasteiger partial charge in [-0.2, -0.15) is 0 Å². The number of halogens is 3. The Hall–Kier alpha value is -0.710. The Labute approximate surface area is 108 Å². The third-order valence-corrected chi connectivity index (χ3v) is 2.01. The number of nitrogen functional groups attached to an aromatic ring is 1. The fourth-order valence-corrected chi connectivity index (χ4v) is 1.18. The zero-order chi connectivity index (χ0) is 10.6. The second kappa shape index (κ2) is 8.44. The Morgan fingerprint density at radius 3 is 2.50 bits per heavy atom. The first-order valence-electron chi connectivity index (χ1n) is 4.40. The van der Waals surface area contributed by atoms with Gasteiger partial charge in [0.25, 0.3) is 0 Å². The zero-order valence-electron chi connectivity index (χ0n) is 9.27. The zero-order valence-corrected chi connectivity index (χ0v) is 10.9. The number of rotatable bonds is 4. The molecule has 0 aliphatic rings. The Balaban J connectivity index is 0. The highest BCUT2D eigenvalue weighted by Gasteiger charge is 2.06. The number of ether oxygens (including phenoxy) is 1. The summed E-state index contributed by atoms with van der Waals surface area (Å²) in [6.45, 7) is 1.22. The van der Waals surface area contributed by atoms with Crippen LogP contribution in [0.3, 0.4) is 0 Å². The summed E-state index contributed by atoms with van der Waals surface area (Å²) >= 11 is 0. The number of methoxy groups -OCH3 is 1. The molecular weight excluding hydrogens is 254 g/mol. The van der Waals surface area contributed by atoms with Crippen molar-refractivity contribution in [3.8, 4) is 0 Å². The molecule has 16 heavy (non-hydrogen) atoms. The normalized spacial score (nSPS) is 8.94. The molecule has 0 saturated heterocycles. The Morgan fingerprint density at radius 2 is 2.00 bits per heavy atom. The van der Waals surface area contributed by atoms with Crippen molar-refractivity contribution in [2.24, 2.45) is 0 Å². The van der Waals surface area contributed by atoms with Crippen LogP contribution in [0.15, 0.2) is 18.2 Å². The molecule has 1 aromatic rings. The van der Waals surface area contributed by atoms with Gasteiger partial charge in [-0.25, -0.2) is 4.39 Å². The summed E-state index contributed by atoms with van der Waals surface area (Å²) in [6.07, 6.45) is 0. The van der Waals surface area contributed by atoms with Gasteiger partial charge in [-0.05, 0) is 18.2 Å². The number of benzene rings is 1. The van der Waals surface area contributed by atoms with Crippen molar-refractivity contribution in [3.05, 3.63) is 24.0 Å². The minimum atomic E-state index is -0.302. The predicted octanol–water partition coefficient (Wildman–Crippen LogP) is 2.33. The number of hydrogen-bond donors (Lipinski definition) is 1. The van der Waals surface area contributed by atoms with E-state index in [9.17, 15) is 4.39 Å². The van der Waals surface area contributed by atoms with Crippen LogP contribution in [-0.2, 0) is 4.74 Å². The molecule has 0 amide bonds. The van der Waals surface area contributed by atoms with Gasteiger partial charge in [-0.1, -0.05) is 0 Å². The van der Waals surface area contributed by atoms with Gasteiger partial charge in [0.1, 0.15) is 5.82 Å². The van der Waals surface area contributed by atoms with E-state index in [1.807, 2.05) is 7.05 Å². The average Bonchev–Trinajstić information content (AvgIpc) is 2.14. The van der Waals surface area contributed by atoms with E-state index in [0.29, 0.717) is 24.5 Å². The van der Waals surface area contributed by atoms with Crippen LogP contribution in [0.1, 0.15) is 0 Å². The van der Waals surface area contributed by atoms with Crippen LogP contribution in [0.2, 0.25) is 0 Å². The van der Waals surface area contributed by atoms with Crippen LogP contribution >= 0.6 is 24.8 Å². The van der Waals surface area contributed by atoms with E-state index in [4.69, 9.17) is 10.5 Å². The van der Waals surface area contributed by atoms with Gasteiger partial charge in [0.15, 0.2) is 0 Å². The molecule has 0 aromatic heterocycles. The SMILES string of the molecule is COCCN(C)c1ccc(N)cc1F.Cl.Cl. The molecule has 0 atom stereocenters. The molecule has 6 heteroatoms. The molecule has 0 aliphatic heterocycles. The standard InChI is InChI=1S/C10H15FN2O.2ClH/c1-13(5-6-14-2)10-4-3-8(12)7-9(10)11;;/h3-4,7H,5-6,12H2,1-2H3;2*1H. The van der Waals surface area contributed by atoms with E-state index < -0.39 is 0 Å². The van der Waals surface area contributed by atoms with Gasteiger partial charge in [0.2, 0.25) is 0 Å². The Kier molecular flexibility index (Phi) is 9.33. The molecular formula is C10H17Cl2FN2O. The van der Waals surface area contributed by atoms with Crippen molar-refractivity contribution in [1.82, 2.24) is 0 Å². The van der Waals surface area contributed by atoms with Crippen molar-refractivity contribution in [1.29, 1.82) is 0 Å². The van der Waals surface area contributed by atoms with Crippen LogP contribution in [0.5, 0.6) is 0 Å². The summed E-state index contributed by atoms with van der Waals surface area (Å²) in [5, 5.41) is 0.